The number of aryl methyl sites for hydroxylation is 1. The van der Waals surface area contributed by atoms with E-state index >= 15 is 0 Å². The van der Waals surface area contributed by atoms with Crippen LogP contribution < -0.4 is 10.2 Å². The number of amides is 1. The minimum atomic E-state index is -0.00216. The number of halogens is 2. The van der Waals surface area contributed by atoms with Crippen molar-refractivity contribution >= 4 is 40.9 Å². The zero-order valence-electron chi connectivity index (χ0n) is 16.0. The number of likely N-dealkylation sites (tertiary alicyclic amines) is 1. The van der Waals surface area contributed by atoms with Crippen LogP contribution in [0.25, 0.3) is 0 Å². The topological polar surface area (TPSA) is 61.4 Å². The molecule has 8 heteroatoms. The molecule has 1 amide bonds. The number of carbonyl (C=O) groups is 1. The number of nitrogens with zero attached hydrogens (tertiary/aromatic N) is 4. The van der Waals surface area contributed by atoms with Crippen LogP contribution in [0.1, 0.15) is 23.0 Å². The van der Waals surface area contributed by atoms with Gasteiger partial charge in [-0.3, -0.25) is 4.79 Å². The van der Waals surface area contributed by atoms with Gasteiger partial charge in [0.1, 0.15) is 5.82 Å². The average molecular weight is 420 g/mol. The van der Waals surface area contributed by atoms with Gasteiger partial charge in [0.25, 0.3) is 5.91 Å². The summed E-state index contributed by atoms with van der Waals surface area (Å²) in [5, 5.41) is 4.16. The Labute approximate surface area is 174 Å². The van der Waals surface area contributed by atoms with Gasteiger partial charge in [0.2, 0.25) is 5.95 Å². The molecular weight excluding hydrogens is 397 g/mol. The van der Waals surface area contributed by atoms with Crippen LogP contribution in [0.4, 0.5) is 11.8 Å². The van der Waals surface area contributed by atoms with Crippen LogP contribution in [0.15, 0.2) is 24.3 Å². The van der Waals surface area contributed by atoms with Gasteiger partial charge in [-0.05, 0) is 32.0 Å². The Morgan fingerprint density at radius 3 is 2.32 bits per heavy atom. The summed E-state index contributed by atoms with van der Waals surface area (Å²) in [4.78, 5) is 26.2. The van der Waals surface area contributed by atoms with Crippen molar-refractivity contribution in [1.82, 2.24) is 14.9 Å². The lowest BCUT2D eigenvalue weighted by molar-refractivity contribution is 0.0782. The predicted octanol–water partition coefficient (Wildman–Crippen LogP) is 3.73. The van der Waals surface area contributed by atoms with Crippen LogP contribution in [0, 0.1) is 18.8 Å². The normalized spacial score (nSPS) is 21.1. The minimum absolute atomic E-state index is 0.00216. The molecule has 3 heterocycles. The van der Waals surface area contributed by atoms with Crippen molar-refractivity contribution in [2.45, 2.75) is 13.8 Å². The molecular formula is C20H23Cl2N5O. The largest absolute Gasteiger partial charge is 0.356 e. The number of anilines is 2. The van der Waals surface area contributed by atoms with E-state index < -0.39 is 0 Å². The molecule has 2 saturated heterocycles. The molecule has 2 fully saturated rings. The smallest absolute Gasteiger partial charge is 0.253 e. The van der Waals surface area contributed by atoms with Crippen molar-refractivity contribution in [3.05, 3.63) is 45.6 Å². The van der Waals surface area contributed by atoms with E-state index in [1.807, 2.05) is 24.8 Å². The SMILES string of the molecule is CCNc1nc(C)cc(N2CC3CN(C(=O)c4cc(Cl)cc(Cl)c4)CC3C2)n1. The highest BCUT2D eigenvalue weighted by molar-refractivity contribution is 6.35. The Bertz CT molecular complexity index is 872. The number of aromatic nitrogens is 2. The van der Waals surface area contributed by atoms with Crippen molar-refractivity contribution in [3.8, 4) is 0 Å². The van der Waals surface area contributed by atoms with Gasteiger partial charge >= 0.3 is 0 Å². The van der Waals surface area contributed by atoms with E-state index in [2.05, 4.69) is 20.2 Å². The Balaban J connectivity index is 1.44. The number of rotatable bonds is 4. The van der Waals surface area contributed by atoms with Crippen LogP contribution in [0.5, 0.6) is 0 Å². The van der Waals surface area contributed by atoms with Gasteiger partial charge in [0.05, 0.1) is 0 Å². The van der Waals surface area contributed by atoms with E-state index in [9.17, 15) is 4.79 Å². The average Bonchev–Trinajstić information content (AvgIpc) is 3.19. The van der Waals surface area contributed by atoms with Gasteiger partial charge in [0, 0.05) is 71.9 Å². The number of carbonyl (C=O) groups excluding carboxylic acids is 1. The van der Waals surface area contributed by atoms with Crippen molar-refractivity contribution in [2.24, 2.45) is 11.8 Å². The molecule has 2 aliphatic rings. The molecule has 1 aromatic heterocycles. The summed E-state index contributed by atoms with van der Waals surface area (Å²) >= 11 is 12.1. The van der Waals surface area contributed by atoms with Crippen molar-refractivity contribution in [3.63, 3.8) is 0 Å². The number of hydrogen-bond donors (Lipinski definition) is 1. The van der Waals surface area contributed by atoms with Gasteiger partial charge < -0.3 is 15.1 Å². The molecule has 0 radical (unpaired) electrons. The maximum absolute atomic E-state index is 12.9. The zero-order chi connectivity index (χ0) is 19.8. The predicted molar refractivity (Wildman–Crippen MR) is 112 cm³/mol. The zero-order valence-corrected chi connectivity index (χ0v) is 17.5. The summed E-state index contributed by atoms with van der Waals surface area (Å²) in [6.07, 6.45) is 0. The second-order valence-electron chi connectivity index (χ2n) is 7.51. The molecule has 4 rings (SSSR count). The molecule has 1 N–H and O–H groups in total. The fourth-order valence-corrected chi connectivity index (χ4v) is 4.68. The molecule has 2 aliphatic heterocycles. The molecule has 2 atom stereocenters. The van der Waals surface area contributed by atoms with Crippen LogP contribution in [-0.4, -0.2) is 53.5 Å². The molecule has 28 heavy (non-hydrogen) atoms. The van der Waals surface area contributed by atoms with Gasteiger partial charge in [-0.25, -0.2) is 4.98 Å². The quantitative estimate of drug-likeness (QED) is 0.817. The molecule has 0 aliphatic carbocycles. The van der Waals surface area contributed by atoms with Crippen LogP contribution >= 0.6 is 23.2 Å². The van der Waals surface area contributed by atoms with E-state index in [0.29, 0.717) is 33.4 Å². The Morgan fingerprint density at radius 1 is 1.07 bits per heavy atom. The van der Waals surface area contributed by atoms with Crippen LogP contribution in [0.2, 0.25) is 10.0 Å². The molecule has 0 spiro atoms. The Hall–Kier alpha value is -2.05. The molecule has 2 unspecified atom stereocenters. The molecule has 2 aromatic rings. The van der Waals surface area contributed by atoms with Crippen LogP contribution in [0.3, 0.4) is 0 Å². The third-order valence-corrected chi connectivity index (χ3v) is 5.82. The lowest BCUT2D eigenvalue weighted by Gasteiger charge is -2.23. The first-order valence-corrected chi connectivity index (χ1v) is 10.3. The summed E-state index contributed by atoms with van der Waals surface area (Å²) in [6.45, 7) is 8.09. The van der Waals surface area contributed by atoms with Gasteiger partial charge in [-0.15, -0.1) is 0 Å². The maximum Gasteiger partial charge on any atom is 0.253 e. The third kappa shape index (κ3) is 3.89. The molecule has 0 saturated carbocycles. The van der Waals surface area contributed by atoms with E-state index in [1.54, 1.807) is 18.2 Å². The monoisotopic (exact) mass is 419 g/mol. The van der Waals surface area contributed by atoms with E-state index in [4.69, 9.17) is 23.2 Å². The van der Waals surface area contributed by atoms with Crippen molar-refractivity contribution in [1.29, 1.82) is 0 Å². The number of fused-ring (bicyclic) bond motifs is 1. The first-order valence-electron chi connectivity index (χ1n) is 9.53. The van der Waals surface area contributed by atoms with Crippen molar-refractivity contribution in [2.75, 3.05) is 42.9 Å². The molecule has 148 valence electrons. The lowest BCUT2D eigenvalue weighted by Crippen LogP contribution is -2.33. The standard InChI is InChI=1S/C20H23Cl2N5O/c1-3-23-20-24-12(2)4-18(25-20)26-8-14-10-27(11-15(14)9-26)19(28)13-5-16(21)7-17(22)6-13/h4-7,14-15H,3,8-11H2,1-2H3,(H,23,24,25). The molecule has 6 nitrogen and oxygen atoms in total. The summed E-state index contributed by atoms with van der Waals surface area (Å²) in [5.74, 6) is 2.51. The molecule has 0 bridgehead atoms. The number of hydrogen-bond acceptors (Lipinski definition) is 5. The van der Waals surface area contributed by atoms with E-state index in [0.717, 1.165) is 44.2 Å². The Morgan fingerprint density at radius 2 is 1.71 bits per heavy atom. The second-order valence-corrected chi connectivity index (χ2v) is 8.39. The third-order valence-electron chi connectivity index (χ3n) is 5.38. The summed E-state index contributed by atoms with van der Waals surface area (Å²) in [6, 6.07) is 7.03. The number of nitrogens with one attached hydrogen (secondary N) is 1. The van der Waals surface area contributed by atoms with Gasteiger partial charge in [0.15, 0.2) is 0 Å². The fourth-order valence-electron chi connectivity index (χ4n) is 4.16. The lowest BCUT2D eigenvalue weighted by atomic mass is 10.0. The highest BCUT2D eigenvalue weighted by Crippen LogP contribution is 2.34. The Kier molecular flexibility index (Phi) is 5.34. The highest BCUT2D eigenvalue weighted by Gasteiger charge is 2.42. The number of benzene rings is 1. The first kappa shape index (κ1) is 19.3. The second kappa shape index (κ2) is 7.76. The summed E-state index contributed by atoms with van der Waals surface area (Å²) in [5.41, 5.74) is 1.50. The van der Waals surface area contributed by atoms with Crippen molar-refractivity contribution < 1.29 is 4.79 Å². The van der Waals surface area contributed by atoms with E-state index in [-0.39, 0.29) is 5.91 Å². The summed E-state index contributed by atoms with van der Waals surface area (Å²) in [7, 11) is 0. The minimum Gasteiger partial charge on any atom is -0.356 e. The fraction of sp³-hybridized carbons (Fsp3) is 0.450. The first-order chi connectivity index (χ1) is 13.4. The van der Waals surface area contributed by atoms with E-state index in [1.165, 1.54) is 0 Å². The summed E-state index contributed by atoms with van der Waals surface area (Å²) < 4.78 is 0. The van der Waals surface area contributed by atoms with Crippen LogP contribution in [-0.2, 0) is 0 Å². The highest BCUT2D eigenvalue weighted by atomic mass is 35.5. The molecule has 1 aromatic carbocycles. The maximum atomic E-state index is 12.9. The van der Waals surface area contributed by atoms with Gasteiger partial charge in [-0.1, -0.05) is 23.2 Å². The van der Waals surface area contributed by atoms with Gasteiger partial charge in [-0.2, -0.15) is 4.98 Å².